The number of nitrogens with one attached hydrogen (secondary N) is 1. The van der Waals surface area contributed by atoms with Crippen molar-refractivity contribution in [3.05, 3.63) is 89.0 Å². The summed E-state index contributed by atoms with van der Waals surface area (Å²) in [5.74, 6) is 0.864. The Bertz CT molecular complexity index is 1780. The van der Waals surface area contributed by atoms with Crippen LogP contribution in [0, 0.1) is 18.3 Å². The molecule has 2 aliphatic rings. The lowest BCUT2D eigenvalue weighted by Gasteiger charge is -2.45. The molecule has 2 aliphatic heterocycles. The first kappa shape index (κ1) is 42.6. The van der Waals surface area contributed by atoms with Crippen LogP contribution in [0.5, 0.6) is 5.75 Å². The number of hydrogen-bond donors (Lipinski definition) is 1. The average Bonchev–Trinajstić information content (AvgIpc) is 3.17. The van der Waals surface area contributed by atoms with E-state index in [9.17, 15) is 13.2 Å². The number of carbonyl (C=O) groups is 1. The van der Waals surface area contributed by atoms with E-state index in [4.69, 9.17) is 23.7 Å². The Morgan fingerprint density at radius 1 is 0.982 bits per heavy atom. The molecule has 0 aromatic heterocycles. The molecule has 0 aliphatic carbocycles. The fourth-order valence-corrected chi connectivity index (χ4v) is 9.34. The van der Waals surface area contributed by atoms with Crippen LogP contribution in [0.1, 0.15) is 68.2 Å². The quantitative estimate of drug-likeness (QED) is 0.140. The second-order valence-electron chi connectivity index (χ2n) is 15.7. The van der Waals surface area contributed by atoms with Gasteiger partial charge in [0.2, 0.25) is 15.9 Å². The molecular weight excluding hydrogens is 719 g/mol. The predicted octanol–water partition coefficient (Wildman–Crippen LogP) is 6.32. The number of fused-ring (bicyclic) bond motifs is 1. The molecule has 55 heavy (non-hydrogen) atoms. The summed E-state index contributed by atoms with van der Waals surface area (Å²) < 4.78 is 60.0. The Balaban J connectivity index is 1.46. The van der Waals surface area contributed by atoms with E-state index in [1.807, 2.05) is 45.0 Å². The number of methoxy groups -OCH3 is 2. The summed E-state index contributed by atoms with van der Waals surface area (Å²) >= 11 is 0. The number of sulfonamides is 1. The van der Waals surface area contributed by atoms with Crippen molar-refractivity contribution in [1.29, 1.82) is 0 Å². The number of carbonyl (C=O) groups excluding carboxylic acids is 1. The van der Waals surface area contributed by atoms with Crippen molar-refractivity contribution in [2.75, 3.05) is 72.2 Å². The molecule has 0 radical (unpaired) electrons. The number of benzene rings is 3. The van der Waals surface area contributed by atoms with Gasteiger partial charge in [-0.05, 0) is 67.1 Å². The van der Waals surface area contributed by atoms with E-state index < -0.39 is 27.6 Å². The molecule has 0 unspecified atom stereocenters. The number of ether oxygens (including phenoxy) is 5. The Labute approximate surface area is 328 Å². The van der Waals surface area contributed by atoms with Crippen LogP contribution in [0.25, 0.3) is 0 Å². The third-order valence-electron chi connectivity index (χ3n) is 10.7. The topological polar surface area (TPSA) is 116 Å². The Kier molecular flexibility index (Phi) is 15.2. The van der Waals surface area contributed by atoms with Crippen molar-refractivity contribution in [1.82, 2.24) is 9.62 Å². The first-order chi connectivity index (χ1) is 26.4. The van der Waals surface area contributed by atoms with Crippen LogP contribution in [0.15, 0.2) is 71.6 Å². The minimum atomic E-state index is -3.95. The van der Waals surface area contributed by atoms with E-state index in [0.717, 1.165) is 53.2 Å². The highest BCUT2D eigenvalue weighted by Gasteiger charge is 2.45. The van der Waals surface area contributed by atoms with Gasteiger partial charge < -0.3 is 33.9 Å². The van der Waals surface area contributed by atoms with Crippen molar-refractivity contribution in [2.24, 2.45) is 11.3 Å². The molecular formula is C43H61N3O8S. The van der Waals surface area contributed by atoms with E-state index in [0.29, 0.717) is 58.4 Å². The van der Waals surface area contributed by atoms with Crippen molar-refractivity contribution < 1.29 is 36.9 Å². The lowest BCUT2D eigenvalue weighted by atomic mass is 9.77. The van der Waals surface area contributed by atoms with E-state index in [1.165, 1.54) is 0 Å². The minimum Gasteiger partial charge on any atom is -0.490 e. The highest BCUT2D eigenvalue weighted by atomic mass is 32.2. The number of rotatable bonds is 19. The first-order valence-electron chi connectivity index (χ1n) is 19.4. The summed E-state index contributed by atoms with van der Waals surface area (Å²) in [6, 6.07) is 21.0. The molecule has 1 fully saturated rings. The summed E-state index contributed by atoms with van der Waals surface area (Å²) in [7, 11) is 1.08. The summed E-state index contributed by atoms with van der Waals surface area (Å²) in [6.45, 7) is 12.9. The molecule has 3 aromatic rings. The summed E-state index contributed by atoms with van der Waals surface area (Å²) in [6.07, 6.45) is 1.26. The van der Waals surface area contributed by atoms with Crippen molar-refractivity contribution >= 4 is 21.6 Å². The summed E-state index contributed by atoms with van der Waals surface area (Å²) in [5, 5.41) is 2.78. The second kappa shape index (κ2) is 19.6. The normalized spacial score (nSPS) is 19.8. The largest absolute Gasteiger partial charge is 0.490 e. The maximum atomic E-state index is 14.6. The molecule has 12 heteroatoms. The van der Waals surface area contributed by atoms with Crippen molar-refractivity contribution in [3.63, 3.8) is 0 Å². The zero-order valence-electron chi connectivity index (χ0n) is 33.7. The zero-order chi connectivity index (χ0) is 39.6. The molecule has 3 aromatic carbocycles. The summed E-state index contributed by atoms with van der Waals surface area (Å²) in [5.41, 5.74) is 4.26. The smallest absolute Gasteiger partial charge is 0.243 e. The second-order valence-corrected chi connectivity index (χ2v) is 17.6. The lowest BCUT2D eigenvalue weighted by Crippen LogP contribution is -2.54. The van der Waals surface area contributed by atoms with Gasteiger partial charge in [0.25, 0.3) is 0 Å². The van der Waals surface area contributed by atoms with Crippen LogP contribution >= 0.6 is 0 Å². The monoisotopic (exact) mass is 779 g/mol. The highest BCUT2D eigenvalue weighted by molar-refractivity contribution is 7.89. The van der Waals surface area contributed by atoms with Gasteiger partial charge >= 0.3 is 0 Å². The number of piperidine rings is 1. The molecule has 0 spiro atoms. The number of hydrogen-bond acceptors (Lipinski definition) is 9. The SMILES string of the molecule is CNC(=O)C(C)(C)C[C@@H]1C[C@H](c2ccc(COC[C@@H](C)COC)cc2)[C@@H](OCc2ccc3c(c2)N(CCCOC)CCO3)CN1S(=O)(=O)c1ccc(C)cc1. The molecule has 302 valence electrons. The van der Waals surface area contributed by atoms with Gasteiger partial charge in [0.05, 0.1) is 49.7 Å². The molecule has 2 heterocycles. The fourth-order valence-electron chi connectivity index (χ4n) is 7.70. The van der Waals surface area contributed by atoms with Gasteiger partial charge in [0.1, 0.15) is 12.4 Å². The number of nitrogens with zero attached hydrogens (tertiary/aromatic N) is 2. The fraction of sp³-hybridized carbons (Fsp3) is 0.558. The van der Waals surface area contributed by atoms with Crippen LogP contribution in [0.4, 0.5) is 5.69 Å². The molecule has 1 amide bonds. The van der Waals surface area contributed by atoms with E-state index in [1.54, 1.807) is 37.7 Å². The number of aryl methyl sites for hydroxylation is 1. The molecule has 4 atom stereocenters. The Hall–Kier alpha value is -3.52. The Morgan fingerprint density at radius 3 is 2.40 bits per heavy atom. The van der Waals surface area contributed by atoms with E-state index >= 15 is 0 Å². The number of amides is 1. The maximum Gasteiger partial charge on any atom is 0.243 e. The van der Waals surface area contributed by atoms with Gasteiger partial charge in [0.15, 0.2) is 0 Å². The van der Waals surface area contributed by atoms with Crippen molar-refractivity contribution in [3.8, 4) is 5.75 Å². The third kappa shape index (κ3) is 11.1. The third-order valence-corrected chi connectivity index (χ3v) is 12.6. The molecule has 5 rings (SSSR count). The molecule has 11 nitrogen and oxygen atoms in total. The molecule has 1 saturated heterocycles. The lowest BCUT2D eigenvalue weighted by molar-refractivity contribution is -0.130. The van der Waals surface area contributed by atoms with Crippen LogP contribution < -0.4 is 15.0 Å². The van der Waals surface area contributed by atoms with Gasteiger partial charge in [0, 0.05) is 64.3 Å². The van der Waals surface area contributed by atoms with Crippen LogP contribution in [-0.2, 0) is 47.0 Å². The highest BCUT2D eigenvalue weighted by Crippen LogP contribution is 2.41. The molecule has 0 bridgehead atoms. The zero-order valence-corrected chi connectivity index (χ0v) is 34.5. The van der Waals surface area contributed by atoms with Gasteiger partial charge in [-0.2, -0.15) is 4.31 Å². The van der Waals surface area contributed by atoms with Crippen LogP contribution in [0.2, 0.25) is 0 Å². The Morgan fingerprint density at radius 2 is 1.71 bits per heavy atom. The van der Waals surface area contributed by atoms with Crippen molar-refractivity contribution in [2.45, 2.75) is 83.1 Å². The first-order valence-corrected chi connectivity index (χ1v) is 20.9. The van der Waals surface area contributed by atoms with Crippen LogP contribution in [-0.4, -0.2) is 98.1 Å². The van der Waals surface area contributed by atoms with Crippen LogP contribution in [0.3, 0.4) is 0 Å². The maximum absolute atomic E-state index is 14.6. The predicted molar refractivity (Wildman–Crippen MR) is 215 cm³/mol. The van der Waals surface area contributed by atoms with E-state index in [2.05, 4.69) is 47.5 Å². The van der Waals surface area contributed by atoms with Gasteiger partial charge in [-0.1, -0.05) is 68.8 Å². The summed E-state index contributed by atoms with van der Waals surface area (Å²) in [4.78, 5) is 15.7. The standard InChI is InChI=1S/C43H61N3O8S/c1-31-9-16-37(17-10-31)55(48,49)46-26-41(54-30-34-13-18-40-39(23-34)45(20-22-53-40)19-8-21-50-6)38(24-36(46)25-43(3,4)42(47)44-5)35-14-11-33(12-15-35)29-52-28-32(2)27-51-7/h9-18,23,32,36,38,41H,8,19-22,24-30H2,1-7H3,(H,44,47)/t32-,36-,38+,41-/m0/s1. The van der Waals surface area contributed by atoms with E-state index in [-0.39, 0.29) is 23.3 Å². The number of anilines is 1. The minimum absolute atomic E-state index is 0.132. The average molecular weight is 780 g/mol. The van der Waals surface area contributed by atoms with Gasteiger partial charge in [-0.15, -0.1) is 0 Å². The molecule has 0 saturated carbocycles. The van der Waals surface area contributed by atoms with Gasteiger partial charge in [-0.3, -0.25) is 4.79 Å². The molecule has 1 N–H and O–H groups in total. The van der Waals surface area contributed by atoms with Gasteiger partial charge in [-0.25, -0.2) is 8.42 Å².